The van der Waals surface area contributed by atoms with Crippen LogP contribution in [0.4, 0.5) is 4.39 Å². The molecule has 2 rings (SSSR count). The lowest BCUT2D eigenvalue weighted by atomic mass is 10.1. The van der Waals surface area contributed by atoms with E-state index in [1.54, 1.807) is 11.9 Å². The lowest BCUT2D eigenvalue weighted by Gasteiger charge is -2.32. The Hall–Kier alpha value is -1.51. The van der Waals surface area contributed by atoms with Crippen molar-refractivity contribution in [3.63, 3.8) is 0 Å². The van der Waals surface area contributed by atoms with Crippen LogP contribution in [0, 0.1) is 5.82 Å². The predicted octanol–water partition coefficient (Wildman–Crippen LogP) is 0.704. The Morgan fingerprint density at radius 1 is 1.26 bits per heavy atom. The topological polar surface area (TPSA) is 78.5 Å². The van der Waals surface area contributed by atoms with Crippen molar-refractivity contribution < 1.29 is 17.6 Å². The second-order valence-corrected chi connectivity index (χ2v) is 7.30. The predicted molar refractivity (Wildman–Crippen MR) is 84.9 cm³/mol. The molecule has 23 heavy (non-hydrogen) atoms. The monoisotopic (exact) mass is 343 g/mol. The van der Waals surface area contributed by atoms with Crippen LogP contribution in [0.2, 0.25) is 0 Å². The molecule has 8 heteroatoms. The third-order valence-corrected chi connectivity index (χ3v) is 5.42. The molecule has 1 aromatic rings. The van der Waals surface area contributed by atoms with Gasteiger partial charge in [-0.1, -0.05) is 0 Å². The molecule has 0 atom stereocenters. The highest BCUT2D eigenvalue weighted by Crippen LogP contribution is 2.16. The van der Waals surface area contributed by atoms with Crippen LogP contribution >= 0.6 is 0 Å². The maximum absolute atomic E-state index is 12.9. The zero-order chi connectivity index (χ0) is 16.9. The zero-order valence-corrected chi connectivity index (χ0v) is 13.9. The Kier molecular flexibility index (Phi) is 6.09. The summed E-state index contributed by atoms with van der Waals surface area (Å²) in [7, 11) is -1.86. The number of likely N-dealkylation sites (tertiary alicyclic amines) is 1. The maximum Gasteiger partial charge on any atom is 0.240 e. The van der Waals surface area contributed by atoms with Crippen LogP contribution in [0.5, 0.6) is 0 Å². The van der Waals surface area contributed by atoms with Gasteiger partial charge >= 0.3 is 0 Å². The van der Waals surface area contributed by atoms with Gasteiger partial charge < -0.3 is 10.2 Å². The van der Waals surface area contributed by atoms with Gasteiger partial charge in [0.2, 0.25) is 15.9 Å². The molecule has 0 unspecified atom stereocenters. The molecule has 0 saturated carbocycles. The molecule has 0 bridgehead atoms. The molecule has 1 heterocycles. The number of nitrogens with one attached hydrogen (secondary N) is 2. The van der Waals surface area contributed by atoms with Gasteiger partial charge in [-0.25, -0.2) is 17.5 Å². The quantitative estimate of drug-likeness (QED) is 0.797. The van der Waals surface area contributed by atoms with E-state index in [-0.39, 0.29) is 16.8 Å². The van der Waals surface area contributed by atoms with E-state index in [0.29, 0.717) is 38.9 Å². The van der Waals surface area contributed by atoms with Crippen molar-refractivity contribution in [2.24, 2.45) is 0 Å². The second kappa shape index (κ2) is 7.85. The SMILES string of the molecule is CNCCC(=O)N1CCC(NS(=O)(=O)c2ccc(F)cc2)CC1. The van der Waals surface area contributed by atoms with Crippen LogP contribution in [0.3, 0.4) is 0 Å². The van der Waals surface area contributed by atoms with Gasteiger partial charge in [-0.2, -0.15) is 0 Å². The fraction of sp³-hybridized carbons (Fsp3) is 0.533. The van der Waals surface area contributed by atoms with Gasteiger partial charge in [0.05, 0.1) is 4.90 Å². The van der Waals surface area contributed by atoms with Gasteiger partial charge in [-0.3, -0.25) is 4.79 Å². The number of amides is 1. The summed E-state index contributed by atoms with van der Waals surface area (Å²) in [5.74, 6) is -0.392. The highest BCUT2D eigenvalue weighted by Gasteiger charge is 2.26. The molecule has 1 amide bonds. The van der Waals surface area contributed by atoms with Gasteiger partial charge in [0, 0.05) is 32.1 Å². The van der Waals surface area contributed by atoms with Crippen LogP contribution in [-0.4, -0.2) is 51.9 Å². The molecule has 1 saturated heterocycles. The Morgan fingerprint density at radius 3 is 2.43 bits per heavy atom. The second-order valence-electron chi connectivity index (χ2n) is 5.58. The van der Waals surface area contributed by atoms with E-state index in [0.717, 1.165) is 12.1 Å². The highest BCUT2D eigenvalue weighted by atomic mass is 32.2. The lowest BCUT2D eigenvalue weighted by molar-refractivity contribution is -0.132. The van der Waals surface area contributed by atoms with Crippen molar-refractivity contribution in [3.8, 4) is 0 Å². The Morgan fingerprint density at radius 2 is 1.87 bits per heavy atom. The van der Waals surface area contributed by atoms with Gasteiger partial charge in [-0.05, 0) is 44.2 Å². The summed E-state index contributed by atoms with van der Waals surface area (Å²) >= 11 is 0. The van der Waals surface area contributed by atoms with Gasteiger partial charge in [0.25, 0.3) is 0 Å². The normalized spacial score (nSPS) is 16.5. The van der Waals surface area contributed by atoms with Crippen molar-refractivity contribution in [2.45, 2.75) is 30.2 Å². The van der Waals surface area contributed by atoms with Crippen LogP contribution in [0.1, 0.15) is 19.3 Å². The molecule has 0 spiro atoms. The molecule has 0 aromatic heterocycles. The number of piperidine rings is 1. The summed E-state index contributed by atoms with van der Waals surface area (Å²) in [6.45, 7) is 1.72. The number of rotatable bonds is 6. The first kappa shape index (κ1) is 17.8. The molecule has 128 valence electrons. The summed E-state index contributed by atoms with van der Waals surface area (Å²) in [5, 5.41) is 2.93. The summed E-state index contributed by atoms with van der Waals surface area (Å²) in [6.07, 6.45) is 1.60. The van der Waals surface area contributed by atoms with E-state index >= 15 is 0 Å². The molecule has 0 radical (unpaired) electrons. The Bertz CT molecular complexity index is 626. The largest absolute Gasteiger partial charge is 0.343 e. The fourth-order valence-electron chi connectivity index (χ4n) is 2.54. The average Bonchev–Trinajstić information content (AvgIpc) is 2.53. The summed E-state index contributed by atoms with van der Waals surface area (Å²) in [4.78, 5) is 13.7. The number of hydrogen-bond acceptors (Lipinski definition) is 4. The number of benzene rings is 1. The standard InChI is InChI=1S/C15H22FN3O3S/c1-17-9-6-15(20)19-10-7-13(8-11-19)18-23(21,22)14-4-2-12(16)3-5-14/h2-5,13,17-18H,6-11H2,1H3. The zero-order valence-electron chi connectivity index (χ0n) is 13.1. The minimum Gasteiger partial charge on any atom is -0.343 e. The first-order chi connectivity index (χ1) is 10.9. The molecule has 1 aliphatic heterocycles. The molecule has 0 aliphatic carbocycles. The smallest absolute Gasteiger partial charge is 0.240 e. The van der Waals surface area contributed by atoms with Crippen molar-refractivity contribution in [3.05, 3.63) is 30.1 Å². The van der Waals surface area contributed by atoms with E-state index in [2.05, 4.69) is 10.0 Å². The minimum atomic E-state index is -3.66. The van der Waals surface area contributed by atoms with E-state index in [1.165, 1.54) is 12.1 Å². The maximum atomic E-state index is 12.9. The van der Waals surface area contributed by atoms with Crippen LogP contribution < -0.4 is 10.0 Å². The van der Waals surface area contributed by atoms with E-state index < -0.39 is 15.8 Å². The average molecular weight is 343 g/mol. The van der Waals surface area contributed by atoms with Crippen LogP contribution in [0.25, 0.3) is 0 Å². The number of nitrogens with zero attached hydrogens (tertiary/aromatic N) is 1. The molecule has 1 aromatic carbocycles. The Balaban J connectivity index is 1.88. The van der Waals surface area contributed by atoms with Gasteiger partial charge in [0.15, 0.2) is 0 Å². The Labute approximate surface area is 136 Å². The number of halogens is 1. The number of hydrogen-bond donors (Lipinski definition) is 2. The van der Waals surface area contributed by atoms with E-state index in [1.807, 2.05) is 0 Å². The van der Waals surface area contributed by atoms with Gasteiger partial charge in [-0.15, -0.1) is 0 Å². The number of carbonyl (C=O) groups excluding carboxylic acids is 1. The van der Waals surface area contributed by atoms with Crippen LogP contribution in [0.15, 0.2) is 29.2 Å². The number of sulfonamides is 1. The van der Waals surface area contributed by atoms with E-state index in [4.69, 9.17) is 0 Å². The molecular weight excluding hydrogens is 321 g/mol. The van der Waals surface area contributed by atoms with Crippen molar-refractivity contribution >= 4 is 15.9 Å². The molecule has 1 aliphatic rings. The highest BCUT2D eigenvalue weighted by molar-refractivity contribution is 7.89. The summed E-state index contributed by atoms with van der Waals surface area (Å²) in [6, 6.07) is 4.52. The summed E-state index contributed by atoms with van der Waals surface area (Å²) in [5.41, 5.74) is 0. The minimum absolute atomic E-state index is 0.0476. The first-order valence-corrected chi connectivity index (χ1v) is 9.11. The third-order valence-electron chi connectivity index (χ3n) is 3.88. The molecule has 2 N–H and O–H groups in total. The molecular formula is C15H22FN3O3S. The summed E-state index contributed by atoms with van der Waals surface area (Å²) < 4.78 is 40.0. The molecule has 1 fully saturated rings. The third kappa shape index (κ3) is 4.98. The van der Waals surface area contributed by atoms with Crippen molar-refractivity contribution in [1.82, 2.24) is 14.9 Å². The lowest BCUT2D eigenvalue weighted by Crippen LogP contribution is -2.46. The number of carbonyl (C=O) groups is 1. The van der Waals surface area contributed by atoms with E-state index in [9.17, 15) is 17.6 Å². The van der Waals surface area contributed by atoms with Crippen LogP contribution in [-0.2, 0) is 14.8 Å². The first-order valence-electron chi connectivity index (χ1n) is 7.62. The van der Waals surface area contributed by atoms with Crippen molar-refractivity contribution in [2.75, 3.05) is 26.7 Å². The molecule has 6 nitrogen and oxygen atoms in total. The van der Waals surface area contributed by atoms with Gasteiger partial charge in [0.1, 0.15) is 5.82 Å². The van der Waals surface area contributed by atoms with Crippen molar-refractivity contribution in [1.29, 1.82) is 0 Å². The fourth-order valence-corrected chi connectivity index (χ4v) is 3.84.